The fourth-order valence-corrected chi connectivity index (χ4v) is 6.67. The largest absolute Gasteiger partial charge is 0.437 e. The van der Waals surface area contributed by atoms with Crippen molar-refractivity contribution in [3.63, 3.8) is 0 Å². The molecule has 12 heteroatoms. The number of likely N-dealkylation sites (tertiary alicyclic amines) is 2. The molecule has 2 spiro atoms. The van der Waals surface area contributed by atoms with Gasteiger partial charge in [-0.15, -0.1) is 0 Å². The normalized spacial score (nSPS) is 24.2. The topological polar surface area (TPSA) is 45.2 Å². The molecule has 1 unspecified atom stereocenters. The van der Waals surface area contributed by atoms with Crippen LogP contribution in [0.15, 0.2) is 18.2 Å². The number of halogens is 6. The van der Waals surface area contributed by atoms with E-state index in [1.807, 2.05) is 4.90 Å². The minimum atomic E-state index is -4.62. The minimum Gasteiger partial charge on any atom is -0.437 e. The van der Waals surface area contributed by atoms with E-state index in [1.165, 1.54) is 11.0 Å². The van der Waals surface area contributed by atoms with Crippen LogP contribution in [0.2, 0.25) is 0 Å². The van der Waals surface area contributed by atoms with Crippen molar-refractivity contribution < 1.29 is 40.6 Å². The monoisotopic (exact) mass is 563 g/mol. The van der Waals surface area contributed by atoms with Crippen LogP contribution in [0.4, 0.5) is 36.8 Å². The van der Waals surface area contributed by atoms with Crippen molar-refractivity contribution in [1.29, 1.82) is 0 Å². The average Bonchev–Trinajstić information content (AvgIpc) is 3.25. The van der Waals surface area contributed by atoms with Gasteiger partial charge in [-0.25, -0.2) is 4.79 Å². The molecule has 1 aromatic carbocycles. The van der Waals surface area contributed by atoms with E-state index in [4.69, 9.17) is 4.74 Å². The molecule has 0 bridgehead atoms. The third kappa shape index (κ3) is 5.96. The van der Waals surface area contributed by atoms with Crippen LogP contribution in [0.1, 0.15) is 50.2 Å². The number of carbonyl (C=O) groups excluding carboxylic acids is 1. The van der Waals surface area contributed by atoms with Gasteiger partial charge in [-0.05, 0) is 62.0 Å². The van der Waals surface area contributed by atoms with Crippen LogP contribution in [-0.2, 0) is 22.2 Å². The van der Waals surface area contributed by atoms with Crippen molar-refractivity contribution in [1.82, 2.24) is 9.80 Å². The number of benzene rings is 1. The first-order valence-electron chi connectivity index (χ1n) is 13.6. The molecule has 0 aromatic heterocycles. The van der Waals surface area contributed by atoms with Crippen molar-refractivity contribution in [2.75, 3.05) is 57.4 Å². The fourth-order valence-electron chi connectivity index (χ4n) is 6.67. The van der Waals surface area contributed by atoms with Crippen LogP contribution in [0.25, 0.3) is 0 Å². The Bertz CT molecular complexity index is 1040. The van der Waals surface area contributed by atoms with Gasteiger partial charge in [-0.2, -0.15) is 26.3 Å². The molecular weight excluding hydrogens is 528 g/mol. The van der Waals surface area contributed by atoms with Crippen molar-refractivity contribution in [2.24, 2.45) is 10.8 Å². The van der Waals surface area contributed by atoms with Gasteiger partial charge in [-0.1, -0.05) is 6.07 Å². The molecule has 218 valence electrons. The first-order valence-corrected chi connectivity index (χ1v) is 13.6. The van der Waals surface area contributed by atoms with Crippen molar-refractivity contribution in [3.8, 4) is 0 Å². The summed E-state index contributed by atoms with van der Waals surface area (Å²) in [6.45, 7) is 5.50. The van der Waals surface area contributed by atoms with E-state index in [2.05, 4.69) is 9.64 Å². The lowest BCUT2D eigenvalue weighted by atomic mass is 9.72. The molecule has 1 aromatic rings. The standard InChI is InChI=1S/C27H35F6N3O3/c1-19(26(28,29)30)39-23(37)35-10-6-25(7-11-35)16-34(17-25)15-20-21(27(31,32)33)3-2-4-22(20)36-12-5-24(18-36)8-13-38-14-9-24/h2-4,19H,5-18H2,1H3. The van der Waals surface area contributed by atoms with Crippen molar-refractivity contribution >= 4 is 11.8 Å². The third-order valence-electron chi connectivity index (χ3n) is 9.11. The quantitative estimate of drug-likeness (QED) is 0.440. The molecule has 0 aliphatic carbocycles. The van der Waals surface area contributed by atoms with Crippen LogP contribution in [0.5, 0.6) is 0 Å². The van der Waals surface area contributed by atoms with E-state index in [9.17, 15) is 31.1 Å². The molecule has 4 aliphatic rings. The smallest absolute Gasteiger partial charge is 0.425 e. The molecule has 0 radical (unpaired) electrons. The number of hydrogen-bond donors (Lipinski definition) is 0. The first-order chi connectivity index (χ1) is 18.3. The van der Waals surface area contributed by atoms with Gasteiger partial charge in [0.15, 0.2) is 6.10 Å². The number of ether oxygens (including phenoxy) is 2. The Morgan fingerprint density at radius 2 is 1.59 bits per heavy atom. The fraction of sp³-hybridized carbons (Fsp3) is 0.741. The van der Waals surface area contributed by atoms with Crippen LogP contribution < -0.4 is 4.90 Å². The summed E-state index contributed by atoms with van der Waals surface area (Å²) in [6.07, 6.45) is -8.32. The summed E-state index contributed by atoms with van der Waals surface area (Å²) in [5, 5.41) is 0. The summed E-state index contributed by atoms with van der Waals surface area (Å²) in [7, 11) is 0. The maximum absolute atomic E-state index is 14.1. The SMILES string of the molecule is CC(OC(=O)N1CCC2(CC1)CN(Cc1c(N3CCC4(CCOCC4)C3)cccc1C(F)(F)F)C2)C(F)(F)F. The van der Waals surface area contributed by atoms with Crippen LogP contribution in [-0.4, -0.2) is 80.7 Å². The molecule has 4 heterocycles. The molecule has 6 nitrogen and oxygen atoms in total. The maximum Gasteiger partial charge on any atom is 0.425 e. The van der Waals surface area contributed by atoms with Crippen LogP contribution in [0.3, 0.4) is 0 Å². The van der Waals surface area contributed by atoms with Gasteiger partial charge in [0.2, 0.25) is 0 Å². The summed E-state index contributed by atoms with van der Waals surface area (Å²) in [5.41, 5.74) is 0.277. The van der Waals surface area contributed by atoms with Crippen molar-refractivity contribution in [2.45, 2.75) is 64.0 Å². The Hall–Kier alpha value is -2.21. The lowest BCUT2D eigenvalue weighted by Gasteiger charge is -2.54. The summed E-state index contributed by atoms with van der Waals surface area (Å²) in [6, 6.07) is 4.44. The van der Waals surface area contributed by atoms with Gasteiger partial charge in [0.05, 0.1) is 5.56 Å². The average molecular weight is 564 g/mol. The molecule has 39 heavy (non-hydrogen) atoms. The van der Waals surface area contributed by atoms with E-state index in [1.54, 1.807) is 6.07 Å². The zero-order valence-electron chi connectivity index (χ0n) is 22.0. The van der Waals surface area contributed by atoms with E-state index in [-0.39, 0.29) is 30.5 Å². The Morgan fingerprint density at radius 1 is 0.949 bits per heavy atom. The third-order valence-corrected chi connectivity index (χ3v) is 9.11. The Labute approximate surface area is 224 Å². The van der Waals surface area contributed by atoms with E-state index >= 15 is 0 Å². The van der Waals surface area contributed by atoms with E-state index in [0.717, 1.165) is 45.3 Å². The number of anilines is 1. The molecule has 4 aliphatic heterocycles. The first kappa shape index (κ1) is 28.3. The second-order valence-electron chi connectivity index (χ2n) is 11.8. The number of piperidine rings is 1. The Morgan fingerprint density at radius 3 is 2.21 bits per heavy atom. The molecule has 0 N–H and O–H groups in total. The Kier molecular flexibility index (Phi) is 7.49. The van der Waals surface area contributed by atoms with Crippen LogP contribution >= 0.6 is 0 Å². The molecule has 0 saturated carbocycles. The molecule has 4 saturated heterocycles. The Balaban J connectivity index is 1.23. The maximum atomic E-state index is 14.1. The highest BCUT2D eigenvalue weighted by atomic mass is 19.4. The highest BCUT2D eigenvalue weighted by Crippen LogP contribution is 2.46. The molecule has 1 atom stereocenters. The van der Waals surface area contributed by atoms with Crippen LogP contribution in [0, 0.1) is 10.8 Å². The van der Waals surface area contributed by atoms with Crippen molar-refractivity contribution in [3.05, 3.63) is 29.3 Å². The molecule has 4 fully saturated rings. The predicted octanol–water partition coefficient (Wildman–Crippen LogP) is 5.70. The van der Waals surface area contributed by atoms with Gasteiger partial charge in [0.1, 0.15) is 0 Å². The molecule has 1 amide bonds. The predicted molar refractivity (Wildman–Crippen MR) is 131 cm³/mol. The second-order valence-corrected chi connectivity index (χ2v) is 11.8. The minimum absolute atomic E-state index is 0.0948. The zero-order valence-corrected chi connectivity index (χ0v) is 22.0. The van der Waals surface area contributed by atoms with Gasteiger partial charge in [0.25, 0.3) is 0 Å². The number of hydrogen-bond acceptors (Lipinski definition) is 5. The van der Waals surface area contributed by atoms with Gasteiger partial charge in [-0.3, -0.25) is 4.90 Å². The summed E-state index contributed by atoms with van der Waals surface area (Å²) in [4.78, 5) is 17.6. The second kappa shape index (κ2) is 10.3. The number of alkyl halides is 6. The zero-order chi connectivity index (χ0) is 28.1. The lowest BCUT2D eigenvalue weighted by Crippen LogP contribution is -2.60. The molecule has 5 rings (SSSR count). The van der Waals surface area contributed by atoms with Gasteiger partial charge in [0, 0.05) is 70.3 Å². The summed E-state index contributed by atoms with van der Waals surface area (Å²) >= 11 is 0. The summed E-state index contributed by atoms with van der Waals surface area (Å²) < 4.78 is 90.5. The molecular formula is C27H35F6N3O3. The van der Waals surface area contributed by atoms with E-state index < -0.39 is 30.1 Å². The number of nitrogens with zero attached hydrogens (tertiary/aromatic N) is 3. The highest BCUT2D eigenvalue weighted by Gasteiger charge is 2.48. The van der Waals surface area contributed by atoms with E-state index in [0.29, 0.717) is 50.4 Å². The lowest BCUT2D eigenvalue weighted by molar-refractivity contribution is -0.200. The van der Waals surface area contributed by atoms with Gasteiger partial charge >= 0.3 is 18.4 Å². The highest BCUT2D eigenvalue weighted by molar-refractivity contribution is 5.68. The number of amides is 1. The number of carbonyl (C=O) groups is 1. The number of rotatable bonds is 4. The summed E-state index contributed by atoms with van der Waals surface area (Å²) in [5.74, 6) is 0. The van der Waals surface area contributed by atoms with Gasteiger partial charge < -0.3 is 19.3 Å².